The lowest BCUT2D eigenvalue weighted by atomic mass is 9.99. The number of carbonyl (C=O) groups is 1. The Bertz CT molecular complexity index is 630. The smallest absolute Gasteiger partial charge is 0.241 e. The quantitative estimate of drug-likeness (QED) is 0.896. The molecule has 1 aromatic rings. The summed E-state index contributed by atoms with van der Waals surface area (Å²) in [6, 6.07) is 6.80. The van der Waals surface area contributed by atoms with Crippen molar-refractivity contribution >= 4 is 15.9 Å². The van der Waals surface area contributed by atoms with Crippen LogP contribution in [0.25, 0.3) is 0 Å². The van der Waals surface area contributed by atoms with Crippen molar-refractivity contribution in [1.82, 2.24) is 9.62 Å². The number of nitrogens with zero attached hydrogens (tertiary/aromatic N) is 1. The summed E-state index contributed by atoms with van der Waals surface area (Å²) in [7, 11) is -3.64. The van der Waals surface area contributed by atoms with E-state index in [1.165, 1.54) is 0 Å². The maximum absolute atomic E-state index is 12.3. The summed E-state index contributed by atoms with van der Waals surface area (Å²) in [5.41, 5.74) is 1.09. The highest BCUT2D eigenvalue weighted by Gasteiger charge is 2.22. The summed E-state index contributed by atoms with van der Waals surface area (Å²) in [5, 5.41) is 0. The zero-order valence-corrected chi connectivity index (χ0v) is 14.9. The summed E-state index contributed by atoms with van der Waals surface area (Å²) in [6.45, 7) is 7.53. The van der Waals surface area contributed by atoms with E-state index in [-0.39, 0.29) is 17.3 Å². The molecule has 1 amide bonds. The maximum Gasteiger partial charge on any atom is 0.241 e. The standard InChI is InChI=1S/C17H26N2O3S/c1-13(2)15-4-6-16(7-5-15)23(21,22)18-12-17(20)19-10-8-14(3)9-11-19/h4-7,13-14,18H,8-12H2,1-3H3. The van der Waals surface area contributed by atoms with Crippen LogP contribution in [0.3, 0.4) is 0 Å². The van der Waals surface area contributed by atoms with Gasteiger partial charge in [-0.3, -0.25) is 4.79 Å². The zero-order chi connectivity index (χ0) is 17.0. The van der Waals surface area contributed by atoms with Crippen LogP contribution >= 0.6 is 0 Å². The van der Waals surface area contributed by atoms with E-state index in [4.69, 9.17) is 0 Å². The molecule has 1 heterocycles. The van der Waals surface area contributed by atoms with Crippen molar-refractivity contribution in [2.75, 3.05) is 19.6 Å². The molecule has 1 saturated heterocycles. The van der Waals surface area contributed by atoms with Crippen molar-refractivity contribution in [2.24, 2.45) is 5.92 Å². The SMILES string of the molecule is CC1CCN(C(=O)CNS(=O)(=O)c2ccc(C(C)C)cc2)CC1. The molecule has 6 heteroatoms. The fraction of sp³-hybridized carbons (Fsp3) is 0.588. The molecule has 128 valence electrons. The molecule has 0 aromatic heterocycles. The largest absolute Gasteiger partial charge is 0.342 e. The van der Waals surface area contributed by atoms with Gasteiger partial charge in [0.2, 0.25) is 15.9 Å². The highest BCUT2D eigenvalue weighted by Crippen LogP contribution is 2.18. The maximum atomic E-state index is 12.3. The number of nitrogens with one attached hydrogen (secondary N) is 1. The minimum Gasteiger partial charge on any atom is -0.342 e. The molecule has 1 aliphatic rings. The first-order chi connectivity index (χ1) is 10.8. The monoisotopic (exact) mass is 338 g/mol. The van der Waals surface area contributed by atoms with Gasteiger partial charge in [0.15, 0.2) is 0 Å². The number of piperidine rings is 1. The van der Waals surface area contributed by atoms with Gasteiger partial charge in [-0.2, -0.15) is 0 Å². The lowest BCUT2D eigenvalue weighted by molar-refractivity contribution is -0.131. The molecular formula is C17H26N2O3S. The number of likely N-dealkylation sites (tertiary alicyclic amines) is 1. The highest BCUT2D eigenvalue weighted by atomic mass is 32.2. The van der Waals surface area contributed by atoms with Crippen molar-refractivity contribution in [3.63, 3.8) is 0 Å². The van der Waals surface area contributed by atoms with Gasteiger partial charge in [-0.1, -0.05) is 32.9 Å². The molecule has 23 heavy (non-hydrogen) atoms. The van der Waals surface area contributed by atoms with Crippen molar-refractivity contribution in [1.29, 1.82) is 0 Å². The fourth-order valence-corrected chi connectivity index (χ4v) is 3.62. The molecule has 2 rings (SSSR count). The molecule has 1 fully saturated rings. The second-order valence-electron chi connectivity index (χ2n) is 6.61. The number of amides is 1. The average Bonchev–Trinajstić information content (AvgIpc) is 2.53. The Labute approximate surface area is 139 Å². The summed E-state index contributed by atoms with van der Waals surface area (Å²) >= 11 is 0. The molecular weight excluding hydrogens is 312 g/mol. The first-order valence-corrected chi connectivity index (χ1v) is 9.65. The Morgan fingerprint density at radius 1 is 1.22 bits per heavy atom. The first-order valence-electron chi connectivity index (χ1n) is 8.17. The third-order valence-corrected chi connectivity index (χ3v) is 5.82. The van der Waals surface area contributed by atoms with E-state index in [0.29, 0.717) is 24.9 Å². The molecule has 0 unspecified atom stereocenters. The van der Waals surface area contributed by atoms with Crippen LogP contribution in [0.4, 0.5) is 0 Å². The van der Waals surface area contributed by atoms with Gasteiger partial charge in [0.1, 0.15) is 0 Å². The van der Waals surface area contributed by atoms with Gasteiger partial charge in [-0.15, -0.1) is 0 Å². The van der Waals surface area contributed by atoms with E-state index in [0.717, 1.165) is 18.4 Å². The van der Waals surface area contributed by atoms with Crippen molar-refractivity contribution in [3.05, 3.63) is 29.8 Å². The summed E-state index contributed by atoms with van der Waals surface area (Å²) in [4.78, 5) is 14.1. The van der Waals surface area contributed by atoms with Crippen LogP contribution in [0.5, 0.6) is 0 Å². The van der Waals surface area contributed by atoms with Crippen LogP contribution in [0.2, 0.25) is 0 Å². The topological polar surface area (TPSA) is 66.5 Å². The Morgan fingerprint density at radius 3 is 2.30 bits per heavy atom. The van der Waals surface area contributed by atoms with Gasteiger partial charge in [0.25, 0.3) is 0 Å². The minimum absolute atomic E-state index is 0.153. The van der Waals surface area contributed by atoms with Crippen LogP contribution < -0.4 is 4.72 Å². The van der Waals surface area contributed by atoms with Gasteiger partial charge in [-0.25, -0.2) is 13.1 Å². The number of hydrogen-bond donors (Lipinski definition) is 1. The molecule has 1 aromatic carbocycles. The first kappa shape index (κ1) is 17.9. The van der Waals surface area contributed by atoms with E-state index in [9.17, 15) is 13.2 Å². The van der Waals surface area contributed by atoms with Gasteiger partial charge in [-0.05, 0) is 42.4 Å². The van der Waals surface area contributed by atoms with Gasteiger partial charge in [0.05, 0.1) is 11.4 Å². The van der Waals surface area contributed by atoms with Crippen molar-refractivity contribution in [3.8, 4) is 0 Å². The van der Waals surface area contributed by atoms with Crippen LogP contribution in [-0.4, -0.2) is 38.9 Å². The normalized spacial score (nSPS) is 16.8. The molecule has 1 N–H and O–H groups in total. The lowest BCUT2D eigenvalue weighted by Gasteiger charge is -2.30. The van der Waals surface area contributed by atoms with Crippen LogP contribution in [-0.2, 0) is 14.8 Å². The fourth-order valence-electron chi connectivity index (χ4n) is 2.64. The zero-order valence-electron chi connectivity index (χ0n) is 14.1. The van der Waals surface area contributed by atoms with Gasteiger partial charge >= 0.3 is 0 Å². The molecule has 0 spiro atoms. The number of benzene rings is 1. The van der Waals surface area contributed by atoms with E-state index in [2.05, 4.69) is 25.5 Å². The second kappa shape index (κ2) is 7.45. The Kier molecular flexibility index (Phi) is 5.81. The number of sulfonamides is 1. The van der Waals surface area contributed by atoms with Crippen LogP contribution in [0.1, 0.15) is 45.1 Å². The van der Waals surface area contributed by atoms with E-state index < -0.39 is 10.0 Å². The number of rotatable bonds is 5. The van der Waals surface area contributed by atoms with Crippen molar-refractivity contribution in [2.45, 2.75) is 44.4 Å². The third-order valence-electron chi connectivity index (χ3n) is 4.41. The summed E-state index contributed by atoms with van der Waals surface area (Å²) < 4.78 is 27.0. The Balaban J connectivity index is 1.94. The summed E-state index contributed by atoms with van der Waals surface area (Å²) in [5.74, 6) is 0.831. The van der Waals surface area contributed by atoms with Crippen LogP contribution in [0, 0.1) is 5.92 Å². The predicted molar refractivity (Wildman–Crippen MR) is 90.7 cm³/mol. The molecule has 0 atom stereocenters. The molecule has 0 bridgehead atoms. The number of carbonyl (C=O) groups excluding carboxylic acids is 1. The predicted octanol–water partition coefficient (Wildman–Crippen LogP) is 2.35. The molecule has 1 aliphatic heterocycles. The third kappa shape index (κ3) is 4.78. The Hall–Kier alpha value is -1.40. The highest BCUT2D eigenvalue weighted by molar-refractivity contribution is 7.89. The van der Waals surface area contributed by atoms with Crippen molar-refractivity contribution < 1.29 is 13.2 Å². The van der Waals surface area contributed by atoms with E-state index in [1.54, 1.807) is 17.0 Å². The van der Waals surface area contributed by atoms with Crippen LogP contribution in [0.15, 0.2) is 29.2 Å². The molecule has 0 saturated carbocycles. The number of hydrogen-bond acceptors (Lipinski definition) is 3. The van der Waals surface area contributed by atoms with E-state index >= 15 is 0 Å². The summed E-state index contributed by atoms with van der Waals surface area (Å²) in [6.07, 6.45) is 1.96. The molecule has 0 radical (unpaired) electrons. The van der Waals surface area contributed by atoms with Gasteiger partial charge in [0, 0.05) is 13.1 Å². The second-order valence-corrected chi connectivity index (χ2v) is 8.38. The average molecular weight is 338 g/mol. The molecule has 0 aliphatic carbocycles. The molecule has 5 nitrogen and oxygen atoms in total. The van der Waals surface area contributed by atoms with E-state index in [1.807, 2.05) is 12.1 Å². The minimum atomic E-state index is -3.64. The Morgan fingerprint density at radius 2 is 1.78 bits per heavy atom. The van der Waals surface area contributed by atoms with Gasteiger partial charge < -0.3 is 4.90 Å². The lowest BCUT2D eigenvalue weighted by Crippen LogP contribution is -2.43.